The summed E-state index contributed by atoms with van der Waals surface area (Å²) in [5.74, 6) is -1.57. The van der Waals surface area contributed by atoms with Crippen LogP contribution in [0, 0.1) is 35.3 Å². The molecule has 0 saturated heterocycles. The predicted octanol–water partition coefficient (Wildman–Crippen LogP) is 8.34. The van der Waals surface area contributed by atoms with Crippen LogP contribution in [0.2, 0.25) is 0 Å². The van der Waals surface area contributed by atoms with Gasteiger partial charge in [0.15, 0.2) is 0 Å². The summed E-state index contributed by atoms with van der Waals surface area (Å²) in [7, 11) is 0. The summed E-state index contributed by atoms with van der Waals surface area (Å²) in [4.78, 5) is 0. The van der Waals surface area contributed by atoms with Gasteiger partial charge in [-0.05, 0) is 62.2 Å². The molecule has 0 heterocycles. The highest BCUT2D eigenvalue weighted by Gasteiger charge is 2.49. The first-order chi connectivity index (χ1) is 15.5. The molecule has 0 unspecified atom stereocenters. The molecule has 2 saturated carbocycles. The molecule has 2 aliphatic rings. The average Bonchev–Trinajstić information content (AvgIpc) is 2.71. The molecule has 3 rings (SSSR count). The van der Waals surface area contributed by atoms with Crippen molar-refractivity contribution in [3.8, 4) is 5.75 Å². The highest BCUT2D eigenvalue weighted by molar-refractivity contribution is 5.32. The van der Waals surface area contributed by atoms with Crippen LogP contribution in [0.25, 0.3) is 0 Å². The van der Waals surface area contributed by atoms with Crippen LogP contribution >= 0.6 is 0 Å². The van der Waals surface area contributed by atoms with Crippen molar-refractivity contribution in [1.82, 2.24) is 0 Å². The number of halogens is 7. The second-order valence-corrected chi connectivity index (χ2v) is 9.49. The van der Waals surface area contributed by atoms with E-state index < -0.39 is 29.7 Å². The summed E-state index contributed by atoms with van der Waals surface area (Å²) in [5, 5.41) is 0. The second-order valence-electron chi connectivity index (χ2n) is 9.49. The summed E-state index contributed by atoms with van der Waals surface area (Å²) < 4.78 is 99.6. The van der Waals surface area contributed by atoms with Gasteiger partial charge in [-0.25, -0.2) is 13.5 Å². The highest BCUT2D eigenvalue weighted by atomic mass is 19.4. The second kappa shape index (κ2) is 10.8. The molecule has 2 nitrogen and oxygen atoms in total. The molecule has 0 atom stereocenters. The van der Waals surface area contributed by atoms with Crippen LogP contribution in [0.5, 0.6) is 5.75 Å². The van der Waals surface area contributed by atoms with Gasteiger partial charge >= 0.3 is 12.5 Å². The SMILES string of the molecule is CCCC1CCC(C2CCC(COc3cc(F)c(C(F)(F)OC(F)(F)F)c(F)c3)CC2)CC1. The number of ether oxygens (including phenoxy) is 2. The van der Waals surface area contributed by atoms with E-state index in [1.807, 2.05) is 0 Å². The van der Waals surface area contributed by atoms with E-state index in [0.717, 1.165) is 37.5 Å². The van der Waals surface area contributed by atoms with Gasteiger partial charge in [0.1, 0.15) is 22.9 Å². The Morgan fingerprint density at radius 2 is 1.27 bits per heavy atom. The lowest BCUT2D eigenvalue weighted by molar-refractivity contribution is -0.432. The minimum atomic E-state index is -5.76. The first kappa shape index (κ1) is 26.1. The monoisotopic (exact) mass is 484 g/mol. The van der Waals surface area contributed by atoms with E-state index in [4.69, 9.17) is 4.74 Å². The lowest BCUT2D eigenvalue weighted by Crippen LogP contribution is -2.29. The Morgan fingerprint density at radius 1 is 0.788 bits per heavy atom. The third kappa shape index (κ3) is 7.23. The van der Waals surface area contributed by atoms with Crippen molar-refractivity contribution < 1.29 is 40.2 Å². The van der Waals surface area contributed by atoms with Gasteiger partial charge in [0, 0.05) is 12.1 Å². The fourth-order valence-electron chi connectivity index (χ4n) is 5.50. The molecule has 0 amide bonds. The summed E-state index contributed by atoms with van der Waals surface area (Å²) in [6, 6.07) is 0.929. The van der Waals surface area contributed by atoms with E-state index in [2.05, 4.69) is 11.7 Å². The third-order valence-electron chi connectivity index (χ3n) is 7.18. The smallest absolute Gasteiger partial charge is 0.493 e. The number of alkyl halides is 5. The van der Waals surface area contributed by atoms with Gasteiger partial charge in [0.05, 0.1) is 6.61 Å². The molecule has 188 valence electrons. The van der Waals surface area contributed by atoms with Crippen LogP contribution < -0.4 is 4.74 Å². The fraction of sp³-hybridized carbons (Fsp3) is 0.750. The molecule has 2 fully saturated rings. The van der Waals surface area contributed by atoms with Crippen molar-refractivity contribution in [3.05, 3.63) is 29.3 Å². The van der Waals surface area contributed by atoms with Crippen molar-refractivity contribution in [2.24, 2.45) is 23.7 Å². The first-order valence-electron chi connectivity index (χ1n) is 11.8. The Morgan fingerprint density at radius 3 is 1.73 bits per heavy atom. The molecule has 0 radical (unpaired) electrons. The maximum Gasteiger partial charge on any atom is 0.527 e. The molecular weight excluding hydrogens is 453 g/mol. The molecule has 0 bridgehead atoms. The maximum absolute atomic E-state index is 14.0. The van der Waals surface area contributed by atoms with Gasteiger partial charge < -0.3 is 4.74 Å². The van der Waals surface area contributed by atoms with Crippen LogP contribution in [-0.4, -0.2) is 13.0 Å². The molecular formula is C24H31F7O2. The summed E-state index contributed by atoms with van der Waals surface area (Å²) in [5.41, 5.74) is -2.10. The van der Waals surface area contributed by atoms with Crippen molar-refractivity contribution in [3.63, 3.8) is 0 Å². The normalized spacial score (nSPS) is 26.9. The lowest BCUT2D eigenvalue weighted by atomic mass is 9.69. The van der Waals surface area contributed by atoms with Crippen LogP contribution in [0.15, 0.2) is 12.1 Å². The highest BCUT2D eigenvalue weighted by Crippen LogP contribution is 2.43. The van der Waals surface area contributed by atoms with Gasteiger partial charge in [-0.15, -0.1) is 13.2 Å². The Balaban J connectivity index is 1.49. The van der Waals surface area contributed by atoms with E-state index in [0.29, 0.717) is 18.1 Å². The number of rotatable bonds is 8. The average molecular weight is 484 g/mol. The van der Waals surface area contributed by atoms with E-state index in [9.17, 15) is 30.7 Å². The van der Waals surface area contributed by atoms with Crippen molar-refractivity contribution in [2.75, 3.05) is 6.61 Å². The summed E-state index contributed by atoms with van der Waals surface area (Å²) in [6.07, 6.45) is 0.744. The largest absolute Gasteiger partial charge is 0.527 e. The van der Waals surface area contributed by atoms with Gasteiger partial charge in [0.25, 0.3) is 0 Å². The molecule has 1 aromatic carbocycles. The standard InChI is InChI=1S/C24H31F7O2/c1-2-3-15-4-8-17(9-5-15)18-10-6-16(7-11-18)14-32-19-12-20(25)22(21(26)13-19)23(27,28)33-24(29,30)31/h12-13,15-18H,2-11,14H2,1H3. The van der Waals surface area contributed by atoms with Crippen molar-refractivity contribution in [1.29, 1.82) is 0 Å². The first-order valence-corrected chi connectivity index (χ1v) is 11.8. The zero-order chi connectivity index (χ0) is 24.2. The van der Waals surface area contributed by atoms with Crippen LogP contribution in [-0.2, 0) is 10.8 Å². The maximum atomic E-state index is 14.0. The number of hydrogen-bond acceptors (Lipinski definition) is 2. The number of hydrogen-bond donors (Lipinski definition) is 0. The van der Waals surface area contributed by atoms with Crippen molar-refractivity contribution in [2.45, 2.75) is 83.6 Å². The van der Waals surface area contributed by atoms with Gasteiger partial charge in [-0.1, -0.05) is 32.6 Å². The van der Waals surface area contributed by atoms with Gasteiger partial charge in [0.2, 0.25) is 0 Å². The Bertz CT molecular complexity index is 742. The quantitative estimate of drug-likeness (QED) is 0.345. The molecule has 0 spiro atoms. The lowest BCUT2D eigenvalue weighted by Gasteiger charge is -2.37. The molecule has 2 aliphatic carbocycles. The van der Waals surface area contributed by atoms with Crippen LogP contribution in [0.4, 0.5) is 30.7 Å². The molecule has 1 aromatic rings. The Labute approximate surface area is 189 Å². The topological polar surface area (TPSA) is 18.5 Å². The zero-order valence-electron chi connectivity index (χ0n) is 18.7. The van der Waals surface area contributed by atoms with E-state index in [1.54, 1.807) is 0 Å². The minimum absolute atomic E-state index is 0.170. The van der Waals surface area contributed by atoms with E-state index in [1.165, 1.54) is 38.5 Å². The fourth-order valence-corrected chi connectivity index (χ4v) is 5.50. The molecule has 9 heteroatoms. The zero-order valence-corrected chi connectivity index (χ0v) is 18.7. The van der Waals surface area contributed by atoms with Crippen LogP contribution in [0.3, 0.4) is 0 Å². The molecule has 0 aromatic heterocycles. The van der Waals surface area contributed by atoms with E-state index >= 15 is 0 Å². The van der Waals surface area contributed by atoms with Crippen LogP contribution in [0.1, 0.15) is 76.7 Å². The molecule has 33 heavy (non-hydrogen) atoms. The van der Waals surface area contributed by atoms with Gasteiger partial charge in [-0.2, -0.15) is 8.78 Å². The minimum Gasteiger partial charge on any atom is -0.493 e. The van der Waals surface area contributed by atoms with E-state index in [-0.39, 0.29) is 18.3 Å². The number of benzene rings is 1. The van der Waals surface area contributed by atoms with Gasteiger partial charge in [-0.3, -0.25) is 0 Å². The summed E-state index contributed by atoms with van der Waals surface area (Å²) >= 11 is 0. The molecule has 0 N–H and O–H groups in total. The van der Waals surface area contributed by atoms with Crippen molar-refractivity contribution >= 4 is 0 Å². The Hall–Kier alpha value is -1.51. The summed E-state index contributed by atoms with van der Waals surface area (Å²) in [6.45, 7) is 2.40. The Kier molecular flexibility index (Phi) is 8.56. The molecule has 0 aliphatic heterocycles. The predicted molar refractivity (Wildman–Crippen MR) is 109 cm³/mol. The third-order valence-corrected chi connectivity index (χ3v) is 7.18.